The number of fused-ring (bicyclic) bond motifs is 1. The fourth-order valence-corrected chi connectivity index (χ4v) is 2.29. The molecule has 1 atom stereocenters. The second-order valence-corrected chi connectivity index (χ2v) is 5.56. The summed E-state index contributed by atoms with van der Waals surface area (Å²) in [6.45, 7) is 0.716. The molecular weight excluding hydrogens is 326 g/mol. The number of para-hydroxylation sites is 2. The van der Waals surface area contributed by atoms with Crippen molar-refractivity contribution < 1.29 is 14.3 Å². The molecule has 3 N–H and O–H groups in total. The second-order valence-electron chi connectivity index (χ2n) is 5.15. The molecule has 1 aliphatic rings. The number of benzene rings is 2. The van der Waals surface area contributed by atoms with Crippen molar-refractivity contribution in [1.82, 2.24) is 16.2 Å². The molecular formula is C17H17N3O3S. The van der Waals surface area contributed by atoms with Crippen LogP contribution in [0.25, 0.3) is 0 Å². The van der Waals surface area contributed by atoms with Crippen molar-refractivity contribution in [1.29, 1.82) is 0 Å². The lowest BCUT2D eigenvalue weighted by atomic mass is 10.2. The van der Waals surface area contributed by atoms with Crippen LogP contribution in [0.3, 0.4) is 0 Å². The molecule has 1 unspecified atom stereocenters. The van der Waals surface area contributed by atoms with Crippen molar-refractivity contribution in [2.75, 3.05) is 6.61 Å². The van der Waals surface area contributed by atoms with E-state index in [-0.39, 0.29) is 12.5 Å². The SMILES string of the molecule is O=C(NNC(=S)NCc1ccccc1)C1COc2ccccc2O1. The standard InChI is InChI=1S/C17H17N3O3S/c21-16(15-11-22-13-8-4-5-9-14(13)23-15)19-20-17(24)18-10-12-6-2-1-3-7-12/h1-9,15H,10-11H2,(H,19,21)(H2,18,20,24). The zero-order valence-electron chi connectivity index (χ0n) is 12.8. The molecule has 0 fully saturated rings. The molecule has 6 nitrogen and oxygen atoms in total. The second kappa shape index (κ2) is 7.65. The first-order valence-corrected chi connectivity index (χ1v) is 7.89. The van der Waals surface area contributed by atoms with E-state index in [1.165, 1.54) is 0 Å². The summed E-state index contributed by atoms with van der Waals surface area (Å²) in [5, 5.41) is 3.33. The summed E-state index contributed by atoms with van der Waals surface area (Å²) in [7, 11) is 0. The minimum atomic E-state index is -0.732. The van der Waals surface area contributed by atoms with Crippen LogP contribution >= 0.6 is 12.2 Å². The van der Waals surface area contributed by atoms with Gasteiger partial charge in [-0.3, -0.25) is 15.6 Å². The number of rotatable bonds is 3. The van der Waals surface area contributed by atoms with E-state index in [1.807, 2.05) is 42.5 Å². The van der Waals surface area contributed by atoms with Gasteiger partial charge in [0.2, 0.25) is 6.10 Å². The summed E-state index contributed by atoms with van der Waals surface area (Å²) in [4.78, 5) is 12.1. The van der Waals surface area contributed by atoms with Crippen molar-refractivity contribution >= 4 is 23.2 Å². The van der Waals surface area contributed by atoms with Gasteiger partial charge in [0.15, 0.2) is 16.6 Å². The zero-order valence-corrected chi connectivity index (χ0v) is 13.6. The third kappa shape index (κ3) is 4.14. The smallest absolute Gasteiger partial charge is 0.283 e. The van der Waals surface area contributed by atoms with Crippen LogP contribution in [0.1, 0.15) is 5.56 Å². The van der Waals surface area contributed by atoms with E-state index in [2.05, 4.69) is 16.2 Å². The van der Waals surface area contributed by atoms with Crippen LogP contribution < -0.4 is 25.6 Å². The van der Waals surface area contributed by atoms with Gasteiger partial charge in [-0.25, -0.2) is 0 Å². The predicted octanol–water partition coefficient (Wildman–Crippen LogP) is 1.52. The number of hydrazine groups is 1. The summed E-state index contributed by atoms with van der Waals surface area (Å²) in [6.07, 6.45) is -0.732. The summed E-state index contributed by atoms with van der Waals surface area (Å²) >= 11 is 5.13. The highest BCUT2D eigenvalue weighted by Crippen LogP contribution is 2.30. The average Bonchev–Trinajstić information content (AvgIpc) is 2.65. The molecule has 2 aromatic carbocycles. The van der Waals surface area contributed by atoms with E-state index in [0.717, 1.165) is 5.56 Å². The molecule has 0 saturated carbocycles. The Balaban J connectivity index is 1.43. The van der Waals surface area contributed by atoms with E-state index < -0.39 is 6.10 Å². The monoisotopic (exact) mass is 343 g/mol. The summed E-state index contributed by atoms with van der Waals surface area (Å²) in [5.41, 5.74) is 6.27. The van der Waals surface area contributed by atoms with Gasteiger partial charge in [-0.1, -0.05) is 42.5 Å². The maximum absolute atomic E-state index is 12.1. The summed E-state index contributed by atoms with van der Waals surface area (Å²) in [5.74, 6) is 0.830. The first-order valence-electron chi connectivity index (χ1n) is 7.48. The predicted molar refractivity (Wildman–Crippen MR) is 93.5 cm³/mol. The molecule has 0 bridgehead atoms. The number of carbonyl (C=O) groups excluding carboxylic acids is 1. The fraction of sp³-hybridized carbons (Fsp3) is 0.176. The Morgan fingerprint density at radius 3 is 2.54 bits per heavy atom. The van der Waals surface area contributed by atoms with E-state index >= 15 is 0 Å². The van der Waals surface area contributed by atoms with Gasteiger partial charge in [-0.2, -0.15) is 0 Å². The number of nitrogens with one attached hydrogen (secondary N) is 3. The normalized spacial score (nSPS) is 15.2. The summed E-state index contributed by atoms with van der Waals surface area (Å²) in [6, 6.07) is 17.0. The molecule has 0 saturated heterocycles. The van der Waals surface area contributed by atoms with Gasteiger partial charge in [-0.05, 0) is 29.9 Å². The number of thiocarbonyl (C=S) groups is 1. The van der Waals surface area contributed by atoms with Crippen LogP contribution in [-0.2, 0) is 11.3 Å². The van der Waals surface area contributed by atoms with Crippen LogP contribution in [0.4, 0.5) is 0 Å². The lowest BCUT2D eigenvalue weighted by Gasteiger charge is -2.25. The van der Waals surface area contributed by atoms with Gasteiger partial charge < -0.3 is 14.8 Å². The molecule has 0 aliphatic carbocycles. The molecule has 124 valence electrons. The number of amides is 1. The quantitative estimate of drug-likeness (QED) is 0.580. The molecule has 3 rings (SSSR count). The maximum atomic E-state index is 12.1. The van der Waals surface area contributed by atoms with Crippen molar-refractivity contribution in [2.45, 2.75) is 12.6 Å². The highest BCUT2D eigenvalue weighted by atomic mass is 32.1. The third-order valence-electron chi connectivity index (χ3n) is 3.40. The van der Waals surface area contributed by atoms with Gasteiger partial charge in [0.1, 0.15) is 6.61 Å². The van der Waals surface area contributed by atoms with Gasteiger partial charge in [0.05, 0.1) is 0 Å². The third-order valence-corrected chi connectivity index (χ3v) is 3.64. The maximum Gasteiger partial charge on any atom is 0.283 e. The molecule has 24 heavy (non-hydrogen) atoms. The first-order chi connectivity index (χ1) is 11.7. The Morgan fingerprint density at radius 1 is 1.04 bits per heavy atom. The Hall–Kier alpha value is -2.80. The van der Waals surface area contributed by atoms with E-state index in [0.29, 0.717) is 23.2 Å². The zero-order chi connectivity index (χ0) is 16.8. The topological polar surface area (TPSA) is 71.6 Å². The van der Waals surface area contributed by atoms with Crippen molar-refractivity contribution in [3.05, 3.63) is 60.2 Å². The molecule has 0 spiro atoms. The number of hydrogen-bond donors (Lipinski definition) is 3. The minimum absolute atomic E-state index is 0.148. The van der Waals surface area contributed by atoms with E-state index in [4.69, 9.17) is 21.7 Å². The number of hydrogen-bond acceptors (Lipinski definition) is 4. The van der Waals surface area contributed by atoms with Gasteiger partial charge in [-0.15, -0.1) is 0 Å². The van der Waals surface area contributed by atoms with Crippen LogP contribution in [0.15, 0.2) is 54.6 Å². The lowest BCUT2D eigenvalue weighted by Crippen LogP contribution is -2.53. The highest BCUT2D eigenvalue weighted by Gasteiger charge is 2.27. The highest BCUT2D eigenvalue weighted by molar-refractivity contribution is 7.80. The largest absolute Gasteiger partial charge is 0.485 e. The van der Waals surface area contributed by atoms with E-state index in [9.17, 15) is 4.79 Å². The summed E-state index contributed by atoms with van der Waals surface area (Å²) < 4.78 is 11.1. The molecule has 1 heterocycles. The fourth-order valence-electron chi connectivity index (χ4n) is 2.17. The number of carbonyl (C=O) groups is 1. The molecule has 7 heteroatoms. The Morgan fingerprint density at radius 2 is 1.75 bits per heavy atom. The van der Waals surface area contributed by atoms with Gasteiger partial charge in [0.25, 0.3) is 5.91 Å². The average molecular weight is 343 g/mol. The van der Waals surface area contributed by atoms with Crippen LogP contribution in [-0.4, -0.2) is 23.7 Å². The van der Waals surface area contributed by atoms with Crippen molar-refractivity contribution in [2.24, 2.45) is 0 Å². The van der Waals surface area contributed by atoms with Gasteiger partial charge >= 0.3 is 0 Å². The Labute approximate surface area is 145 Å². The molecule has 0 aromatic heterocycles. The van der Waals surface area contributed by atoms with Crippen molar-refractivity contribution in [3.8, 4) is 11.5 Å². The Bertz CT molecular complexity index is 724. The molecule has 1 amide bonds. The minimum Gasteiger partial charge on any atom is -0.485 e. The van der Waals surface area contributed by atoms with Gasteiger partial charge in [0, 0.05) is 6.54 Å². The van der Waals surface area contributed by atoms with Crippen LogP contribution in [0, 0.1) is 0 Å². The van der Waals surface area contributed by atoms with E-state index in [1.54, 1.807) is 12.1 Å². The van der Waals surface area contributed by atoms with Crippen LogP contribution in [0.2, 0.25) is 0 Å². The number of ether oxygens (including phenoxy) is 2. The molecule has 1 aliphatic heterocycles. The van der Waals surface area contributed by atoms with Crippen LogP contribution in [0.5, 0.6) is 11.5 Å². The lowest BCUT2D eigenvalue weighted by molar-refractivity contribution is -0.130. The van der Waals surface area contributed by atoms with Crippen molar-refractivity contribution in [3.63, 3.8) is 0 Å². The molecule has 2 aromatic rings. The first kappa shape index (κ1) is 16.1. The molecule has 0 radical (unpaired) electrons. The Kier molecular flexibility index (Phi) is 5.12.